The van der Waals surface area contributed by atoms with Crippen molar-refractivity contribution in [3.8, 4) is 0 Å². The molecule has 0 unspecified atom stereocenters. The van der Waals surface area contributed by atoms with Gasteiger partial charge in [-0.25, -0.2) is 0 Å². The van der Waals surface area contributed by atoms with Crippen molar-refractivity contribution in [1.29, 1.82) is 0 Å². The van der Waals surface area contributed by atoms with E-state index in [0.29, 0.717) is 4.90 Å². The normalized spacial score (nSPS) is 20.7. The van der Waals surface area contributed by atoms with Gasteiger partial charge in [-0.1, -0.05) is 0 Å². The number of hydrogen-bond acceptors (Lipinski definition) is 5. The molecule has 1 heterocycles. The fourth-order valence-electron chi connectivity index (χ4n) is 1.24. The Kier molecular flexibility index (Phi) is 3.41. The molecule has 0 aliphatic carbocycles. The van der Waals surface area contributed by atoms with Gasteiger partial charge in [0.05, 0.1) is 6.42 Å². The summed E-state index contributed by atoms with van der Waals surface area (Å²) in [7, 11) is 0. The van der Waals surface area contributed by atoms with E-state index >= 15 is 0 Å². The number of esters is 1. The molecule has 6 nitrogen and oxygen atoms in total. The molecule has 1 aliphatic heterocycles. The minimum absolute atomic E-state index is 0.234. The molecule has 0 spiro atoms. The molecule has 1 atom stereocenters. The Balaban J connectivity index is 2.70. The van der Waals surface area contributed by atoms with Crippen molar-refractivity contribution in [2.75, 3.05) is 6.54 Å². The van der Waals surface area contributed by atoms with Gasteiger partial charge in [-0.3, -0.25) is 24.1 Å². The quantitative estimate of drug-likeness (QED) is 0.371. The van der Waals surface area contributed by atoms with Crippen LogP contribution in [0, 0.1) is 0 Å². The third-order valence-corrected chi connectivity index (χ3v) is 1.91. The van der Waals surface area contributed by atoms with E-state index in [1.54, 1.807) is 0 Å². The first-order valence-corrected chi connectivity index (χ1v) is 4.49. The summed E-state index contributed by atoms with van der Waals surface area (Å²) in [6, 6.07) is 0. The maximum atomic E-state index is 11.4. The number of likely N-dealkylation sites (tertiary alicyclic amines) is 1. The highest BCUT2D eigenvalue weighted by Crippen LogP contribution is 2.16. The number of nitrogens with zero attached hydrogens (tertiary/aromatic N) is 1. The van der Waals surface area contributed by atoms with Crippen LogP contribution in [-0.4, -0.2) is 40.6 Å². The van der Waals surface area contributed by atoms with Gasteiger partial charge in [-0.2, -0.15) is 0 Å². The zero-order valence-corrected chi connectivity index (χ0v) is 8.61. The van der Waals surface area contributed by atoms with Gasteiger partial charge in [0.25, 0.3) is 5.91 Å². The van der Waals surface area contributed by atoms with Crippen molar-refractivity contribution in [2.24, 2.45) is 0 Å². The number of imide groups is 1. The second kappa shape index (κ2) is 4.39. The number of carbonyl (C=O) groups is 4. The molecule has 0 bridgehead atoms. The van der Waals surface area contributed by atoms with Crippen LogP contribution in [0.3, 0.4) is 0 Å². The third-order valence-electron chi connectivity index (χ3n) is 1.79. The van der Waals surface area contributed by atoms with E-state index in [4.69, 9.17) is 11.6 Å². The molecule has 15 heavy (non-hydrogen) atoms. The number of hydrogen-bond donors (Lipinski definition) is 0. The van der Waals surface area contributed by atoms with Crippen LogP contribution >= 0.6 is 11.6 Å². The van der Waals surface area contributed by atoms with E-state index in [1.807, 2.05) is 0 Å². The monoisotopic (exact) mass is 233 g/mol. The van der Waals surface area contributed by atoms with Gasteiger partial charge in [0, 0.05) is 6.92 Å². The van der Waals surface area contributed by atoms with Gasteiger partial charge in [0.2, 0.25) is 11.1 Å². The molecule has 0 N–H and O–H groups in total. The van der Waals surface area contributed by atoms with Crippen molar-refractivity contribution in [3.05, 3.63) is 0 Å². The molecule has 0 saturated carbocycles. The lowest BCUT2D eigenvalue weighted by Gasteiger charge is -2.11. The average molecular weight is 234 g/mol. The molecule has 0 radical (unpaired) electrons. The summed E-state index contributed by atoms with van der Waals surface area (Å²) in [6.07, 6.45) is -1.35. The molecule has 0 aromatic rings. The summed E-state index contributed by atoms with van der Waals surface area (Å²) in [5, 5.41) is -0.819. The zero-order chi connectivity index (χ0) is 11.6. The first kappa shape index (κ1) is 11.6. The minimum Gasteiger partial charge on any atom is -0.452 e. The van der Waals surface area contributed by atoms with E-state index in [1.165, 1.54) is 0 Å². The van der Waals surface area contributed by atoms with Crippen LogP contribution < -0.4 is 0 Å². The molecule has 1 aliphatic rings. The Morgan fingerprint density at radius 3 is 2.60 bits per heavy atom. The van der Waals surface area contributed by atoms with Crippen molar-refractivity contribution in [1.82, 2.24) is 4.90 Å². The van der Waals surface area contributed by atoms with Crippen LogP contribution in [0.15, 0.2) is 0 Å². The Morgan fingerprint density at radius 2 is 2.13 bits per heavy atom. The summed E-state index contributed by atoms with van der Waals surface area (Å²) in [4.78, 5) is 44.4. The maximum Gasteiger partial charge on any atom is 0.303 e. The van der Waals surface area contributed by atoms with Gasteiger partial charge >= 0.3 is 5.97 Å². The summed E-state index contributed by atoms with van der Waals surface area (Å²) >= 11 is 5.05. The fourth-order valence-corrected chi connectivity index (χ4v) is 1.36. The van der Waals surface area contributed by atoms with Gasteiger partial charge in [-0.05, 0) is 11.6 Å². The topological polar surface area (TPSA) is 80.8 Å². The first-order valence-electron chi connectivity index (χ1n) is 4.11. The number of ether oxygens (including phenoxy) is 1. The molecule has 0 aromatic heterocycles. The summed E-state index contributed by atoms with van der Waals surface area (Å²) < 4.78 is 4.60. The largest absolute Gasteiger partial charge is 0.452 e. The summed E-state index contributed by atoms with van der Waals surface area (Å²) in [6.45, 7) is 0.643. The molecule has 82 valence electrons. The summed E-state index contributed by atoms with van der Waals surface area (Å²) in [5.41, 5.74) is 0. The maximum absolute atomic E-state index is 11.4. The molecule has 1 rings (SSSR count). The smallest absolute Gasteiger partial charge is 0.303 e. The van der Waals surface area contributed by atoms with Crippen molar-refractivity contribution in [2.45, 2.75) is 19.4 Å². The van der Waals surface area contributed by atoms with E-state index in [0.717, 1.165) is 6.92 Å². The standard InChI is InChI=1S/C8H8ClNO5/c1-4(11)15-5-2-7(13)10(8(5)14)3-6(9)12/h5H,2-3H2,1H3/t5-/m0/s1. The van der Waals surface area contributed by atoms with Crippen LogP contribution in [0.1, 0.15) is 13.3 Å². The van der Waals surface area contributed by atoms with Gasteiger partial charge < -0.3 is 4.74 Å². The van der Waals surface area contributed by atoms with Gasteiger partial charge in [-0.15, -0.1) is 0 Å². The average Bonchev–Trinajstić information content (AvgIpc) is 2.31. The number of rotatable bonds is 3. The van der Waals surface area contributed by atoms with E-state index < -0.39 is 35.7 Å². The number of carbonyl (C=O) groups excluding carboxylic acids is 4. The molecule has 2 amide bonds. The van der Waals surface area contributed by atoms with Gasteiger partial charge in [0.15, 0.2) is 6.10 Å². The molecule has 7 heteroatoms. The highest BCUT2D eigenvalue weighted by molar-refractivity contribution is 6.64. The Labute approximate surface area is 90.1 Å². The predicted octanol–water partition coefficient (Wildman–Crippen LogP) is -0.558. The lowest BCUT2D eigenvalue weighted by atomic mass is 10.3. The molecule has 1 fully saturated rings. The van der Waals surface area contributed by atoms with E-state index in [-0.39, 0.29) is 6.42 Å². The van der Waals surface area contributed by atoms with Crippen LogP contribution in [0.2, 0.25) is 0 Å². The van der Waals surface area contributed by atoms with Crippen molar-refractivity contribution in [3.63, 3.8) is 0 Å². The minimum atomic E-state index is -1.12. The van der Waals surface area contributed by atoms with Crippen molar-refractivity contribution >= 4 is 34.6 Å². The summed E-state index contributed by atoms with van der Waals surface area (Å²) in [5.74, 6) is -1.93. The number of halogens is 1. The third kappa shape index (κ3) is 2.76. The SMILES string of the molecule is CC(=O)O[C@H]1CC(=O)N(CC(=O)Cl)C1=O. The van der Waals surface area contributed by atoms with Crippen molar-refractivity contribution < 1.29 is 23.9 Å². The Hall–Kier alpha value is -1.43. The van der Waals surface area contributed by atoms with Crippen LogP contribution in [0.25, 0.3) is 0 Å². The van der Waals surface area contributed by atoms with Gasteiger partial charge in [0.1, 0.15) is 6.54 Å². The van der Waals surface area contributed by atoms with E-state index in [2.05, 4.69) is 4.74 Å². The lowest BCUT2D eigenvalue weighted by molar-refractivity contribution is -0.154. The zero-order valence-electron chi connectivity index (χ0n) is 7.86. The highest BCUT2D eigenvalue weighted by Gasteiger charge is 2.41. The fraction of sp³-hybridized carbons (Fsp3) is 0.500. The Morgan fingerprint density at radius 1 is 1.53 bits per heavy atom. The van der Waals surface area contributed by atoms with Crippen LogP contribution in [0.5, 0.6) is 0 Å². The second-order valence-corrected chi connectivity index (χ2v) is 3.40. The van der Waals surface area contributed by atoms with Crippen LogP contribution in [-0.2, 0) is 23.9 Å². The molecular weight excluding hydrogens is 226 g/mol. The Bertz CT molecular complexity index is 340. The lowest BCUT2D eigenvalue weighted by Crippen LogP contribution is -2.36. The number of amides is 2. The second-order valence-electron chi connectivity index (χ2n) is 2.98. The molecular formula is C8H8ClNO5. The first-order chi connectivity index (χ1) is 6.91. The molecule has 1 saturated heterocycles. The molecule has 0 aromatic carbocycles. The van der Waals surface area contributed by atoms with E-state index in [9.17, 15) is 19.2 Å². The highest BCUT2D eigenvalue weighted by atomic mass is 35.5. The van der Waals surface area contributed by atoms with Crippen LogP contribution in [0.4, 0.5) is 0 Å². The predicted molar refractivity (Wildman–Crippen MR) is 47.8 cm³/mol.